The zero-order chi connectivity index (χ0) is 13.5. The van der Waals surface area contributed by atoms with E-state index in [4.69, 9.17) is 10.5 Å². The molecular weight excluding hydrogens is 222 g/mol. The van der Waals surface area contributed by atoms with Gasteiger partial charge in [0.2, 0.25) is 0 Å². The van der Waals surface area contributed by atoms with E-state index in [9.17, 15) is 0 Å². The second-order valence-electron chi connectivity index (χ2n) is 5.25. The Morgan fingerprint density at radius 3 is 2.44 bits per heavy atom. The fourth-order valence-electron chi connectivity index (χ4n) is 2.05. The maximum Gasteiger partial charge on any atom is 0.142 e. The molecule has 0 spiro atoms. The van der Waals surface area contributed by atoms with Crippen molar-refractivity contribution in [2.45, 2.75) is 65.9 Å². The first kappa shape index (κ1) is 14.9. The predicted molar refractivity (Wildman–Crippen MR) is 79.2 cm³/mol. The summed E-state index contributed by atoms with van der Waals surface area (Å²) < 4.78 is 5.94. The minimum Gasteiger partial charge on any atom is -0.489 e. The molecule has 1 atom stereocenters. The van der Waals surface area contributed by atoms with Gasteiger partial charge in [-0.3, -0.25) is 0 Å². The van der Waals surface area contributed by atoms with Crippen LogP contribution in [0.25, 0.3) is 0 Å². The van der Waals surface area contributed by atoms with E-state index in [0.29, 0.717) is 0 Å². The molecule has 2 N–H and O–H groups in total. The summed E-state index contributed by atoms with van der Waals surface area (Å²) in [6, 6.07) is 4.04. The molecule has 0 bridgehead atoms. The molecule has 1 unspecified atom stereocenters. The van der Waals surface area contributed by atoms with E-state index in [2.05, 4.69) is 27.7 Å². The fraction of sp³-hybridized carbons (Fsp3) is 0.625. The Morgan fingerprint density at radius 2 is 1.78 bits per heavy atom. The van der Waals surface area contributed by atoms with Gasteiger partial charge in [-0.2, -0.15) is 0 Å². The van der Waals surface area contributed by atoms with Crippen LogP contribution in [-0.2, 0) is 0 Å². The molecule has 0 saturated heterocycles. The van der Waals surface area contributed by atoms with Gasteiger partial charge in [0, 0.05) is 0 Å². The lowest BCUT2D eigenvalue weighted by molar-refractivity contribution is 0.207. The molecule has 0 aliphatic carbocycles. The van der Waals surface area contributed by atoms with Crippen LogP contribution in [0.2, 0.25) is 0 Å². The highest BCUT2D eigenvalue weighted by Crippen LogP contribution is 2.27. The third-order valence-corrected chi connectivity index (χ3v) is 3.42. The van der Waals surface area contributed by atoms with Crippen molar-refractivity contribution >= 4 is 5.69 Å². The number of rotatable bonds is 7. The monoisotopic (exact) mass is 249 g/mol. The van der Waals surface area contributed by atoms with Crippen molar-refractivity contribution in [2.24, 2.45) is 0 Å². The standard InChI is InChI=1S/C16H27NO/c1-5-6-7-8-9-14(4)18-16-11-13(3)12(2)10-15(16)17/h10-11,14H,5-9,17H2,1-4H3. The highest BCUT2D eigenvalue weighted by molar-refractivity contribution is 5.56. The van der Waals surface area contributed by atoms with Gasteiger partial charge >= 0.3 is 0 Å². The van der Waals surface area contributed by atoms with Crippen molar-refractivity contribution in [2.75, 3.05) is 5.73 Å². The van der Waals surface area contributed by atoms with Crippen LogP contribution in [0.5, 0.6) is 5.75 Å². The Hall–Kier alpha value is -1.18. The minimum atomic E-state index is 0.242. The Labute approximate surface area is 112 Å². The van der Waals surface area contributed by atoms with E-state index >= 15 is 0 Å². The van der Waals surface area contributed by atoms with E-state index in [1.807, 2.05) is 12.1 Å². The number of hydrogen-bond acceptors (Lipinski definition) is 2. The second-order valence-corrected chi connectivity index (χ2v) is 5.25. The highest BCUT2D eigenvalue weighted by atomic mass is 16.5. The van der Waals surface area contributed by atoms with E-state index in [1.54, 1.807) is 0 Å². The lowest BCUT2D eigenvalue weighted by atomic mass is 10.1. The normalized spacial score (nSPS) is 12.4. The first-order valence-electron chi connectivity index (χ1n) is 7.08. The van der Waals surface area contributed by atoms with Crippen molar-refractivity contribution < 1.29 is 4.74 Å². The number of aryl methyl sites for hydroxylation is 2. The summed E-state index contributed by atoms with van der Waals surface area (Å²) in [5, 5.41) is 0. The van der Waals surface area contributed by atoms with Gasteiger partial charge in [0.15, 0.2) is 0 Å². The van der Waals surface area contributed by atoms with Crippen molar-refractivity contribution in [3.05, 3.63) is 23.3 Å². The van der Waals surface area contributed by atoms with E-state index in [1.165, 1.54) is 36.8 Å². The number of ether oxygens (including phenoxy) is 1. The van der Waals surface area contributed by atoms with E-state index in [0.717, 1.165) is 17.9 Å². The van der Waals surface area contributed by atoms with Gasteiger partial charge in [-0.25, -0.2) is 0 Å². The second kappa shape index (κ2) is 7.30. The summed E-state index contributed by atoms with van der Waals surface area (Å²) in [6.07, 6.45) is 6.47. The van der Waals surface area contributed by atoms with Gasteiger partial charge in [-0.05, 0) is 56.9 Å². The maximum atomic E-state index is 5.99. The molecule has 1 aromatic rings. The number of anilines is 1. The van der Waals surface area contributed by atoms with Crippen LogP contribution < -0.4 is 10.5 Å². The quantitative estimate of drug-likeness (QED) is 0.565. The SMILES string of the molecule is CCCCCCC(C)Oc1cc(C)c(C)cc1N. The Morgan fingerprint density at radius 1 is 1.11 bits per heavy atom. The van der Waals surface area contributed by atoms with Crippen LogP contribution in [0.3, 0.4) is 0 Å². The van der Waals surface area contributed by atoms with E-state index in [-0.39, 0.29) is 6.10 Å². The van der Waals surface area contributed by atoms with Gasteiger partial charge in [-0.1, -0.05) is 26.2 Å². The molecular formula is C16H27NO. The smallest absolute Gasteiger partial charge is 0.142 e. The van der Waals surface area contributed by atoms with Crippen LogP contribution in [0.1, 0.15) is 57.1 Å². The van der Waals surface area contributed by atoms with Crippen LogP contribution in [-0.4, -0.2) is 6.10 Å². The number of nitrogen functional groups attached to an aromatic ring is 1. The largest absolute Gasteiger partial charge is 0.489 e. The number of benzene rings is 1. The molecule has 0 amide bonds. The third kappa shape index (κ3) is 4.59. The average Bonchev–Trinajstić information content (AvgIpc) is 2.32. The number of nitrogens with two attached hydrogens (primary N) is 1. The zero-order valence-electron chi connectivity index (χ0n) is 12.3. The van der Waals surface area contributed by atoms with E-state index < -0.39 is 0 Å². The summed E-state index contributed by atoms with van der Waals surface area (Å²) >= 11 is 0. The third-order valence-electron chi connectivity index (χ3n) is 3.42. The van der Waals surface area contributed by atoms with Gasteiger partial charge in [0.1, 0.15) is 5.75 Å². The summed E-state index contributed by atoms with van der Waals surface area (Å²) in [5.74, 6) is 0.834. The molecule has 102 valence electrons. The average molecular weight is 249 g/mol. The van der Waals surface area contributed by atoms with Crippen molar-refractivity contribution in [3.63, 3.8) is 0 Å². The first-order valence-corrected chi connectivity index (χ1v) is 7.08. The molecule has 0 aliphatic heterocycles. The maximum absolute atomic E-state index is 5.99. The topological polar surface area (TPSA) is 35.2 Å². The fourth-order valence-corrected chi connectivity index (χ4v) is 2.05. The highest BCUT2D eigenvalue weighted by Gasteiger charge is 2.08. The van der Waals surface area contributed by atoms with Crippen molar-refractivity contribution in [1.29, 1.82) is 0 Å². The molecule has 1 rings (SSSR count). The molecule has 18 heavy (non-hydrogen) atoms. The number of unbranched alkanes of at least 4 members (excludes halogenated alkanes) is 3. The van der Waals surface area contributed by atoms with Crippen LogP contribution in [0, 0.1) is 13.8 Å². The summed E-state index contributed by atoms with van der Waals surface area (Å²) in [5.41, 5.74) is 9.19. The van der Waals surface area contributed by atoms with Crippen LogP contribution in [0.4, 0.5) is 5.69 Å². The summed E-state index contributed by atoms with van der Waals surface area (Å²) in [7, 11) is 0. The Balaban J connectivity index is 2.48. The van der Waals surface area contributed by atoms with Crippen molar-refractivity contribution in [1.82, 2.24) is 0 Å². The molecule has 2 heteroatoms. The molecule has 0 saturated carbocycles. The molecule has 2 nitrogen and oxygen atoms in total. The molecule has 0 aliphatic rings. The van der Waals surface area contributed by atoms with Crippen LogP contribution >= 0.6 is 0 Å². The number of hydrogen-bond donors (Lipinski definition) is 1. The van der Waals surface area contributed by atoms with Gasteiger partial charge in [-0.15, -0.1) is 0 Å². The van der Waals surface area contributed by atoms with Gasteiger partial charge in [0.25, 0.3) is 0 Å². The van der Waals surface area contributed by atoms with Gasteiger partial charge < -0.3 is 10.5 Å². The summed E-state index contributed by atoms with van der Waals surface area (Å²) in [4.78, 5) is 0. The van der Waals surface area contributed by atoms with Crippen molar-refractivity contribution in [3.8, 4) is 5.75 Å². The molecule has 0 aromatic heterocycles. The predicted octanol–water partition coefficient (Wildman–Crippen LogP) is 4.62. The molecule has 0 radical (unpaired) electrons. The van der Waals surface area contributed by atoms with Crippen LogP contribution in [0.15, 0.2) is 12.1 Å². The Kier molecular flexibility index (Phi) is 6.03. The van der Waals surface area contributed by atoms with Gasteiger partial charge in [0.05, 0.1) is 11.8 Å². The molecule has 0 heterocycles. The lowest BCUT2D eigenvalue weighted by Gasteiger charge is -2.17. The first-order chi connectivity index (χ1) is 8.54. The Bertz CT molecular complexity index is 374. The lowest BCUT2D eigenvalue weighted by Crippen LogP contribution is -2.13. The molecule has 0 fully saturated rings. The summed E-state index contributed by atoms with van der Waals surface area (Å²) in [6.45, 7) is 8.52. The minimum absolute atomic E-state index is 0.242. The molecule has 1 aromatic carbocycles. The zero-order valence-corrected chi connectivity index (χ0v) is 12.3.